The van der Waals surface area contributed by atoms with Crippen LogP contribution in [0.1, 0.15) is 11.1 Å². The zero-order chi connectivity index (χ0) is 14.1. The molecule has 1 heterocycles. The summed E-state index contributed by atoms with van der Waals surface area (Å²) in [5.74, 6) is 0.683. The molecule has 0 aliphatic rings. The standard InChI is InChI=1S/C16H16N2O2/c1-11-5-3-6-12(9-11)10-18-13-7-4-8-14(20-2)15(13)17-16(18)19/h3-9H,10H2,1-2H3,(H,17,19). The number of hydrogen-bond donors (Lipinski definition) is 1. The minimum atomic E-state index is -0.119. The third kappa shape index (κ3) is 2.09. The summed E-state index contributed by atoms with van der Waals surface area (Å²) in [6.07, 6.45) is 0. The minimum Gasteiger partial charge on any atom is -0.494 e. The number of para-hydroxylation sites is 1. The summed E-state index contributed by atoms with van der Waals surface area (Å²) < 4.78 is 7.01. The van der Waals surface area contributed by atoms with E-state index in [4.69, 9.17) is 4.74 Å². The molecule has 0 aliphatic heterocycles. The van der Waals surface area contributed by atoms with Gasteiger partial charge in [0.15, 0.2) is 0 Å². The SMILES string of the molecule is COc1cccc2c1[nH]c(=O)n2Cc1cccc(C)c1. The lowest BCUT2D eigenvalue weighted by molar-refractivity contribution is 0.419. The van der Waals surface area contributed by atoms with Crippen LogP contribution in [0, 0.1) is 6.92 Å². The first kappa shape index (κ1) is 12.5. The molecule has 0 aliphatic carbocycles. The number of aromatic nitrogens is 2. The van der Waals surface area contributed by atoms with Crippen molar-refractivity contribution in [3.8, 4) is 5.75 Å². The summed E-state index contributed by atoms with van der Waals surface area (Å²) in [5, 5.41) is 0. The number of aromatic amines is 1. The summed E-state index contributed by atoms with van der Waals surface area (Å²) in [6, 6.07) is 13.8. The molecular formula is C16H16N2O2. The lowest BCUT2D eigenvalue weighted by atomic mass is 10.1. The zero-order valence-corrected chi connectivity index (χ0v) is 11.5. The predicted molar refractivity (Wildman–Crippen MR) is 79.4 cm³/mol. The molecule has 4 nitrogen and oxygen atoms in total. The summed E-state index contributed by atoms with van der Waals surface area (Å²) in [7, 11) is 1.60. The van der Waals surface area contributed by atoms with Crippen LogP contribution in [0.4, 0.5) is 0 Å². The van der Waals surface area contributed by atoms with Gasteiger partial charge in [-0.3, -0.25) is 4.57 Å². The largest absolute Gasteiger partial charge is 0.494 e. The molecule has 0 amide bonds. The first-order valence-electron chi connectivity index (χ1n) is 6.50. The van der Waals surface area contributed by atoms with Crippen LogP contribution in [-0.4, -0.2) is 16.7 Å². The maximum atomic E-state index is 12.1. The summed E-state index contributed by atoms with van der Waals surface area (Å²) in [4.78, 5) is 15.0. The van der Waals surface area contributed by atoms with Crippen LogP contribution in [0.15, 0.2) is 47.3 Å². The van der Waals surface area contributed by atoms with Gasteiger partial charge < -0.3 is 9.72 Å². The Labute approximate surface area is 116 Å². The van der Waals surface area contributed by atoms with Gasteiger partial charge in [0, 0.05) is 0 Å². The van der Waals surface area contributed by atoms with Gasteiger partial charge >= 0.3 is 5.69 Å². The van der Waals surface area contributed by atoms with E-state index in [0.29, 0.717) is 12.3 Å². The second-order valence-electron chi connectivity index (χ2n) is 4.86. The van der Waals surface area contributed by atoms with Crippen LogP contribution in [0.25, 0.3) is 11.0 Å². The van der Waals surface area contributed by atoms with Gasteiger partial charge in [0.1, 0.15) is 11.3 Å². The van der Waals surface area contributed by atoms with Gasteiger partial charge in [-0.1, -0.05) is 35.9 Å². The molecule has 0 radical (unpaired) electrons. The molecular weight excluding hydrogens is 252 g/mol. The van der Waals surface area contributed by atoms with E-state index in [1.165, 1.54) is 5.56 Å². The highest BCUT2D eigenvalue weighted by molar-refractivity contribution is 5.81. The van der Waals surface area contributed by atoms with Crippen LogP contribution in [0.3, 0.4) is 0 Å². The van der Waals surface area contributed by atoms with E-state index >= 15 is 0 Å². The Kier molecular flexibility index (Phi) is 3.06. The van der Waals surface area contributed by atoms with E-state index in [1.807, 2.05) is 43.3 Å². The average Bonchev–Trinajstić information content (AvgIpc) is 2.75. The number of benzene rings is 2. The maximum absolute atomic E-state index is 12.1. The van der Waals surface area contributed by atoms with Gasteiger partial charge in [-0.2, -0.15) is 0 Å². The van der Waals surface area contributed by atoms with Gasteiger partial charge in [0.25, 0.3) is 0 Å². The number of rotatable bonds is 3. The van der Waals surface area contributed by atoms with Crippen molar-refractivity contribution in [1.82, 2.24) is 9.55 Å². The highest BCUT2D eigenvalue weighted by atomic mass is 16.5. The summed E-state index contributed by atoms with van der Waals surface area (Å²) in [5.41, 5.74) is 3.78. The lowest BCUT2D eigenvalue weighted by Gasteiger charge is -2.05. The molecule has 2 aromatic carbocycles. The highest BCUT2D eigenvalue weighted by Crippen LogP contribution is 2.22. The zero-order valence-electron chi connectivity index (χ0n) is 11.5. The molecule has 0 fully saturated rings. The second-order valence-corrected chi connectivity index (χ2v) is 4.86. The number of fused-ring (bicyclic) bond motifs is 1. The molecule has 0 saturated carbocycles. The highest BCUT2D eigenvalue weighted by Gasteiger charge is 2.10. The Morgan fingerprint density at radius 1 is 1.20 bits per heavy atom. The van der Waals surface area contributed by atoms with Crippen LogP contribution in [0.5, 0.6) is 5.75 Å². The molecule has 1 N–H and O–H groups in total. The number of H-pyrrole nitrogens is 1. The Hall–Kier alpha value is -2.49. The van der Waals surface area contributed by atoms with Crippen molar-refractivity contribution in [1.29, 1.82) is 0 Å². The number of imidazole rings is 1. The van der Waals surface area contributed by atoms with Crippen LogP contribution >= 0.6 is 0 Å². The van der Waals surface area contributed by atoms with Gasteiger partial charge in [-0.15, -0.1) is 0 Å². The smallest absolute Gasteiger partial charge is 0.326 e. The molecule has 0 spiro atoms. The minimum absolute atomic E-state index is 0.119. The number of aryl methyl sites for hydroxylation is 1. The number of methoxy groups -OCH3 is 1. The van der Waals surface area contributed by atoms with E-state index < -0.39 is 0 Å². The Morgan fingerprint density at radius 3 is 2.75 bits per heavy atom. The summed E-state index contributed by atoms with van der Waals surface area (Å²) in [6.45, 7) is 2.60. The fourth-order valence-corrected chi connectivity index (χ4v) is 2.47. The van der Waals surface area contributed by atoms with Crippen molar-refractivity contribution < 1.29 is 4.74 Å². The molecule has 0 bridgehead atoms. The van der Waals surface area contributed by atoms with Crippen molar-refractivity contribution in [2.45, 2.75) is 13.5 Å². The second kappa shape index (κ2) is 4.89. The third-order valence-corrected chi connectivity index (χ3v) is 3.42. The van der Waals surface area contributed by atoms with E-state index in [1.54, 1.807) is 11.7 Å². The van der Waals surface area contributed by atoms with Crippen molar-refractivity contribution in [3.63, 3.8) is 0 Å². The van der Waals surface area contributed by atoms with Crippen LogP contribution in [-0.2, 0) is 6.54 Å². The molecule has 3 aromatic rings. The van der Waals surface area contributed by atoms with Crippen molar-refractivity contribution in [2.75, 3.05) is 7.11 Å². The summed E-state index contributed by atoms with van der Waals surface area (Å²) >= 11 is 0. The van der Waals surface area contributed by atoms with Crippen molar-refractivity contribution in [3.05, 3.63) is 64.1 Å². The normalized spacial score (nSPS) is 10.9. The number of ether oxygens (including phenoxy) is 1. The van der Waals surface area contributed by atoms with E-state index in [0.717, 1.165) is 16.6 Å². The van der Waals surface area contributed by atoms with Crippen LogP contribution < -0.4 is 10.4 Å². The first-order valence-corrected chi connectivity index (χ1v) is 6.50. The molecule has 102 valence electrons. The molecule has 0 atom stereocenters. The fourth-order valence-electron chi connectivity index (χ4n) is 2.47. The van der Waals surface area contributed by atoms with Gasteiger partial charge in [0.2, 0.25) is 0 Å². The Balaban J connectivity index is 2.12. The molecule has 3 rings (SSSR count). The first-order chi connectivity index (χ1) is 9.69. The molecule has 20 heavy (non-hydrogen) atoms. The molecule has 1 aromatic heterocycles. The monoisotopic (exact) mass is 268 g/mol. The fraction of sp³-hybridized carbons (Fsp3) is 0.188. The number of nitrogens with zero attached hydrogens (tertiary/aromatic N) is 1. The van der Waals surface area contributed by atoms with Crippen molar-refractivity contribution in [2.24, 2.45) is 0 Å². The van der Waals surface area contributed by atoms with E-state index in [-0.39, 0.29) is 5.69 Å². The van der Waals surface area contributed by atoms with Crippen LogP contribution in [0.2, 0.25) is 0 Å². The number of nitrogens with one attached hydrogen (secondary N) is 1. The van der Waals surface area contributed by atoms with Gasteiger partial charge in [-0.05, 0) is 24.6 Å². The Bertz CT molecular complexity index is 815. The third-order valence-electron chi connectivity index (χ3n) is 3.42. The predicted octanol–water partition coefficient (Wildman–Crippen LogP) is 2.69. The lowest BCUT2D eigenvalue weighted by Crippen LogP contribution is -2.17. The topological polar surface area (TPSA) is 47.0 Å². The van der Waals surface area contributed by atoms with Crippen molar-refractivity contribution >= 4 is 11.0 Å². The average molecular weight is 268 g/mol. The van der Waals surface area contributed by atoms with E-state index in [2.05, 4.69) is 11.1 Å². The molecule has 0 unspecified atom stereocenters. The quantitative estimate of drug-likeness (QED) is 0.794. The molecule has 4 heteroatoms. The van der Waals surface area contributed by atoms with Gasteiger partial charge in [-0.25, -0.2) is 4.79 Å². The maximum Gasteiger partial charge on any atom is 0.326 e. The Morgan fingerprint density at radius 2 is 2.00 bits per heavy atom. The molecule has 0 saturated heterocycles. The van der Waals surface area contributed by atoms with E-state index in [9.17, 15) is 4.79 Å². The van der Waals surface area contributed by atoms with Gasteiger partial charge in [0.05, 0.1) is 19.2 Å². The number of hydrogen-bond acceptors (Lipinski definition) is 2.